The Labute approximate surface area is 201 Å². The molecule has 1 fully saturated rings. The number of H-pyrrole nitrogens is 1. The number of aryl methyl sites for hydroxylation is 1. The largest absolute Gasteiger partial charge is 0.393 e. The van der Waals surface area contributed by atoms with E-state index in [0.29, 0.717) is 39.5 Å². The van der Waals surface area contributed by atoms with Gasteiger partial charge in [-0.15, -0.1) is 11.3 Å². The molecule has 4 aromatic rings. The van der Waals surface area contributed by atoms with Gasteiger partial charge in [0.15, 0.2) is 0 Å². The van der Waals surface area contributed by atoms with Crippen molar-refractivity contribution in [1.29, 1.82) is 0 Å². The summed E-state index contributed by atoms with van der Waals surface area (Å²) in [6.07, 6.45) is -2.71. The number of aromatic nitrogens is 4. The fourth-order valence-corrected chi connectivity index (χ4v) is 6.23. The summed E-state index contributed by atoms with van der Waals surface area (Å²) in [5.74, 6) is 0.323. The minimum atomic E-state index is -4.42. The lowest BCUT2D eigenvalue weighted by Gasteiger charge is -2.28. The van der Waals surface area contributed by atoms with E-state index in [0.717, 1.165) is 24.1 Å². The first-order valence-electron chi connectivity index (χ1n) is 11.5. The molecule has 35 heavy (non-hydrogen) atoms. The molecule has 0 spiro atoms. The molecule has 184 valence electrons. The molecule has 1 aliphatic heterocycles. The summed E-state index contributed by atoms with van der Waals surface area (Å²) in [6.45, 7) is 0.918. The van der Waals surface area contributed by atoms with Gasteiger partial charge in [0.1, 0.15) is 6.17 Å². The highest BCUT2D eigenvalue weighted by Gasteiger charge is 2.35. The number of benzene rings is 1. The van der Waals surface area contributed by atoms with Gasteiger partial charge in [0.2, 0.25) is 11.7 Å². The molecular weight excluding hydrogens is 484 g/mol. The summed E-state index contributed by atoms with van der Waals surface area (Å²) in [7, 11) is 0. The number of alkyl halides is 4. The summed E-state index contributed by atoms with van der Waals surface area (Å²) in [5.41, 5.74) is 2.69. The number of anilines is 1. The molecule has 1 saturated heterocycles. The van der Waals surface area contributed by atoms with Crippen LogP contribution in [0.5, 0.6) is 0 Å². The predicted molar refractivity (Wildman–Crippen MR) is 123 cm³/mol. The Morgan fingerprint density at radius 1 is 1.23 bits per heavy atom. The standard InChI is InChI=1S/C23H22F4N6OS/c24-15-10-28-7-6-16(15)30-17-3-1-2-12-14(8-23(25,26)27)20(35-19(12)17)21-31-22(34-33-21)13-5-4-11-9-29-32-18(11)13/h1-3,9,13,15-16,28,30H,4-8,10H2,(H,29,32)/t13?,15-,16+/m0/s1. The second kappa shape index (κ2) is 8.59. The molecule has 1 unspecified atom stereocenters. The topological polar surface area (TPSA) is 91.7 Å². The predicted octanol–water partition coefficient (Wildman–Crippen LogP) is 4.97. The normalized spacial score (nSPS) is 22.6. The van der Waals surface area contributed by atoms with Gasteiger partial charge in [-0.2, -0.15) is 23.3 Å². The molecule has 7 nitrogen and oxygen atoms in total. The highest BCUT2D eigenvalue weighted by atomic mass is 32.1. The highest BCUT2D eigenvalue weighted by molar-refractivity contribution is 7.23. The van der Waals surface area contributed by atoms with Crippen molar-refractivity contribution in [3.05, 3.63) is 47.1 Å². The number of hydrogen-bond donors (Lipinski definition) is 3. The van der Waals surface area contributed by atoms with E-state index in [2.05, 4.69) is 31.0 Å². The van der Waals surface area contributed by atoms with Crippen LogP contribution in [-0.4, -0.2) is 51.8 Å². The Morgan fingerprint density at radius 2 is 2.11 bits per heavy atom. The van der Waals surface area contributed by atoms with Crippen molar-refractivity contribution in [2.45, 2.75) is 50.0 Å². The zero-order valence-corrected chi connectivity index (χ0v) is 19.3. The number of nitrogens with one attached hydrogen (secondary N) is 3. The molecule has 0 radical (unpaired) electrons. The molecule has 3 atom stereocenters. The molecule has 4 heterocycles. The first-order valence-corrected chi connectivity index (χ1v) is 12.3. The second-order valence-corrected chi connectivity index (χ2v) is 10.0. The van der Waals surface area contributed by atoms with E-state index in [1.54, 1.807) is 24.4 Å². The van der Waals surface area contributed by atoms with Gasteiger partial charge >= 0.3 is 6.18 Å². The molecule has 0 amide bonds. The Morgan fingerprint density at radius 3 is 2.94 bits per heavy atom. The summed E-state index contributed by atoms with van der Waals surface area (Å²) in [6, 6.07) is 4.71. The van der Waals surface area contributed by atoms with E-state index in [1.165, 1.54) is 11.3 Å². The number of aromatic amines is 1. The molecule has 6 rings (SSSR count). The molecule has 1 aliphatic carbocycles. The fourth-order valence-electron chi connectivity index (χ4n) is 5.01. The molecular formula is C23H22F4N6OS. The van der Waals surface area contributed by atoms with Gasteiger partial charge in [0.25, 0.3) is 0 Å². The maximum Gasteiger partial charge on any atom is 0.393 e. The van der Waals surface area contributed by atoms with E-state index in [9.17, 15) is 17.6 Å². The Hall–Kier alpha value is -2.99. The Bertz CT molecular complexity index is 1360. The molecule has 2 aliphatic rings. The third kappa shape index (κ3) is 4.18. The summed E-state index contributed by atoms with van der Waals surface area (Å²) >= 11 is 1.17. The number of halogens is 4. The lowest BCUT2D eigenvalue weighted by molar-refractivity contribution is -0.126. The zero-order valence-electron chi connectivity index (χ0n) is 18.5. The van der Waals surface area contributed by atoms with Crippen molar-refractivity contribution in [3.8, 4) is 10.7 Å². The number of rotatable bonds is 5. The number of thiophene rings is 1. The van der Waals surface area contributed by atoms with E-state index >= 15 is 0 Å². The van der Waals surface area contributed by atoms with Crippen molar-refractivity contribution in [3.63, 3.8) is 0 Å². The van der Waals surface area contributed by atoms with Crippen LogP contribution in [0, 0.1) is 0 Å². The van der Waals surface area contributed by atoms with Gasteiger partial charge in [0.05, 0.1) is 45.5 Å². The molecule has 3 N–H and O–H groups in total. The monoisotopic (exact) mass is 506 g/mol. The zero-order chi connectivity index (χ0) is 24.2. The second-order valence-electron chi connectivity index (χ2n) is 9.00. The van der Waals surface area contributed by atoms with Gasteiger partial charge in [-0.1, -0.05) is 17.3 Å². The minimum absolute atomic E-state index is 0.101. The van der Waals surface area contributed by atoms with Crippen LogP contribution in [0.4, 0.5) is 23.2 Å². The van der Waals surface area contributed by atoms with Gasteiger partial charge in [-0.25, -0.2) is 4.39 Å². The van der Waals surface area contributed by atoms with E-state index in [1.807, 2.05) is 0 Å². The molecule has 0 saturated carbocycles. The average molecular weight is 507 g/mol. The van der Waals surface area contributed by atoms with Crippen LogP contribution in [0.1, 0.15) is 41.5 Å². The maximum atomic E-state index is 14.4. The van der Waals surface area contributed by atoms with E-state index < -0.39 is 24.8 Å². The molecule has 12 heteroatoms. The number of fused-ring (bicyclic) bond motifs is 2. The van der Waals surface area contributed by atoms with Crippen LogP contribution < -0.4 is 10.6 Å². The summed E-state index contributed by atoms with van der Waals surface area (Å²) in [5, 5.41) is 17.8. The average Bonchev–Trinajstić information content (AvgIpc) is 3.58. The minimum Gasteiger partial charge on any atom is -0.378 e. The quantitative estimate of drug-likeness (QED) is 0.331. The lowest BCUT2D eigenvalue weighted by Crippen LogP contribution is -2.45. The lowest BCUT2D eigenvalue weighted by atomic mass is 10.0. The maximum absolute atomic E-state index is 14.4. The van der Waals surface area contributed by atoms with Gasteiger partial charge in [-0.05, 0) is 48.4 Å². The van der Waals surface area contributed by atoms with Crippen LogP contribution in [0.15, 0.2) is 28.9 Å². The smallest absolute Gasteiger partial charge is 0.378 e. The van der Waals surface area contributed by atoms with Crippen molar-refractivity contribution in [2.24, 2.45) is 0 Å². The number of nitrogens with zero attached hydrogens (tertiary/aromatic N) is 3. The summed E-state index contributed by atoms with van der Waals surface area (Å²) < 4.78 is 61.4. The molecule has 0 bridgehead atoms. The number of piperidine rings is 1. The van der Waals surface area contributed by atoms with Gasteiger partial charge in [-0.3, -0.25) is 5.10 Å². The molecule has 1 aromatic carbocycles. The van der Waals surface area contributed by atoms with Crippen LogP contribution >= 0.6 is 11.3 Å². The molecule has 3 aromatic heterocycles. The fraction of sp³-hybridized carbons (Fsp3) is 0.435. The van der Waals surface area contributed by atoms with Crippen LogP contribution in [0.25, 0.3) is 20.8 Å². The van der Waals surface area contributed by atoms with Crippen molar-refractivity contribution >= 4 is 27.1 Å². The SMILES string of the molecule is F[C@H]1CNCC[C@H]1Nc1cccc2c(CC(F)(F)F)c(-c3noc(C4CCc5cn[nH]c54)n3)sc12. The van der Waals surface area contributed by atoms with Crippen molar-refractivity contribution in [1.82, 2.24) is 25.7 Å². The first-order chi connectivity index (χ1) is 16.9. The Balaban J connectivity index is 1.41. The van der Waals surface area contributed by atoms with Crippen LogP contribution in [0.2, 0.25) is 0 Å². The third-order valence-corrected chi connectivity index (χ3v) is 7.97. The van der Waals surface area contributed by atoms with Crippen LogP contribution in [0.3, 0.4) is 0 Å². The highest BCUT2D eigenvalue weighted by Crippen LogP contribution is 2.44. The van der Waals surface area contributed by atoms with E-state index in [4.69, 9.17) is 4.52 Å². The van der Waals surface area contributed by atoms with Crippen molar-refractivity contribution in [2.75, 3.05) is 18.4 Å². The van der Waals surface area contributed by atoms with Gasteiger partial charge in [0, 0.05) is 6.54 Å². The summed E-state index contributed by atoms with van der Waals surface area (Å²) in [4.78, 5) is 4.82. The van der Waals surface area contributed by atoms with Crippen molar-refractivity contribution < 1.29 is 22.1 Å². The first kappa shape index (κ1) is 22.5. The van der Waals surface area contributed by atoms with E-state index in [-0.39, 0.29) is 23.9 Å². The van der Waals surface area contributed by atoms with Gasteiger partial charge < -0.3 is 15.2 Å². The number of hydrogen-bond acceptors (Lipinski definition) is 7. The van der Waals surface area contributed by atoms with Crippen LogP contribution in [-0.2, 0) is 12.8 Å². The third-order valence-electron chi connectivity index (χ3n) is 6.69. The Kier molecular flexibility index (Phi) is 5.52.